The van der Waals surface area contributed by atoms with E-state index < -0.39 is 11.7 Å². The summed E-state index contributed by atoms with van der Waals surface area (Å²) in [6.45, 7) is 5.09. The van der Waals surface area contributed by atoms with Crippen LogP contribution >= 0.6 is 23.8 Å². The number of halogens is 4. The zero-order valence-corrected chi connectivity index (χ0v) is 18.4. The standard InChI is InChI=1S/C21H24ClF3N4OS/c22-17-4-5-19(18(13-17)21(23,24)25)27-20(31)29(15-16-3-1-6-26-14-16)8-2-7-28-9-11-30-12-10-28/h1,3-6,13-14H,2,7-12,15H2,(H,27,31). The molecule has 0 amide bonds. The highest BCUT2D eigenvalue weighted by atomic mass is 35.5. The van der Waals surface area contributed by atoms with Gasteiger partial charge in [0.25, 0.3) is 0 Å². The number of hydrogen-bond acceptors (Lipinski definition) is 4. The minimum atomic E-state index is -4.55. The molecule has 1 aliphatic rings. The van der Waals surface area contributed by atoms with Crippen molar-refractivity contribution >= 4 is 34.6 Å². The molecule has 0 atom stereocenters. The van der Waals surface area contributed by atoms with Gasteiger partial charge in [-0.05, 0) is 48.5 Å². The van der Waals surface area contributed by atoms with Crippen molar-refractivity contribution in [2.24, 2.45) is 0 Å². The molecule has 2 aromatic rings. The summed E-state index contributed by atoms with van der Waals surface area (Å²) >= 11 is 11.3. The Balaban J connectivity index is 1.71. The maximum Gasteiger partial charge on any atom is 0.418 e. The van der Waals surface area contributed by atoms with Crippen LogP contribution in [-0.2, 0) is 17.5 Å². The maximum absolute atomic E-state index is 13.5. The molecule has 0 spiro atoms. The third kappa shape index (κ3) is 7.31. The predicted molar refractivity (Wildman–Crippen MR) is 119 cm³/mol. The van der Waals surface area contributed by atoms with Crippen molar-refractivity contribution in [3.8, 4) is 0 Å². The Kier molecular flexibility index (Phi) is 8.48. The number of alkyl halides is 3. The zero-order chi connectivity index (χ0) is 22.3. The molecule has 5 nitrogen and oxygen atoms in total. The van der Waals surface area contributed by atoms with Crippen molar-refractivity contribution in [1.82, 2.24) is 14.8 Å². The summed E-state index contributed by atoms with van der Waals surface area (Å²) < 4.78 is 45.7. The summed E-state index contributed by atoms with van der Waals surface area (Å²) in [4.78, 5) is 8.29. The average Bonchev–Trinajstić information content (AvgIpc) is 2.75. The topological polar surface area (TPSA) is 40.6 Å². The first-order valence-electron chi connectivity index (χ1n) is 9.94. The van der Waals surface area contributed by atoms with Crippen molar-refractivity contribution in [3.63, 3.8) is 0 Å². The largest absolute Gasteiger partial charge is 0.418 e. The van der Waals surface area contributed by atoms with Gasteiger partial charge in [-0.3, -0.25) is 9.88 Å². The lowest BCUT2D eigenvalue weighted by atomic mass is 10.1. The van der Waals surface area contributed by atoms with E-state index in [-0.39, 0.29) is 15.8 Å². The van der Waals surface area contributed by atoms with E-state index in [1.54, 1.807) is 12.4 Å². The number of anilines is 1. The third-order valence-electron chi connectivity index (χ3n) is 4.92. The summed E-state index contributed by atoms with van der Waals surface area (Å²) in [6, 6.07) is 7.34. The number of thiocarbonyl (C=S) groups is 1. The highest BCUT2D eigenvalue weighted by molar-refractivity contribution is 7.80. The molecule has 168 valence electrons. The summed E-state index contributed by atoms with van der Waals surface area (Å²) in [5, 5.41) is 3.01. The van der Waals surface area contributed by atoms with Crippen LogP contribution in [0.1, 0.15) is 17.5 Å². The molecule has 0 aliphatic carbocycles. The second kappa shape index (κ2) is 11.1. The number of rotatable bonds is 7. The van der Waals surface area contributed by atoms with Gasteiger partial charge in [0.2, 0.25) is 0 Å². The van der Waals surface area contributed by atoms with E-state index in [1.807, 2.05) is 17.0 Å². The van der Waals surface area contributed by atoms with Gasteiger partial charge >= 0.3 is 6.18 Å². The normalized spacial score (nSPS) is 15.0. The molecule has 0 radical (unpaired) electrons. The molecular weight excluding hydrogens is 449 g/mol. The average molecular weight is 473 g/mol. The van der Waals surface area contributed by atoms with Crippen LogP contribution in [0, 0.1) is 0 Å². The number of morpholine rings is 1. The minimum Gasteiger partial charge on any atom is -0.379 e. The number of nitrogens with zero attached hydrogens (tertiary/aromatic N) is 3. The molecule has 1 aromatic heterocycles. The smallest absolute Gasteiger partial charge is 0.379 e. The molecule has 0 saturated carbocycles. The number of hydrogen-bond donors (Lipinski definition) is 1. The van der Waals surface area contributed by atoms with Gasteiger partial charge in [-0.1, -0.05) is 17.7 Å². The number of pyridine rings is 1. The Morgan fingerprint density at radius 1 is 1.26 bits per heavy atom. The van der Waals surface area contributed by atoms with Crippen molar-refractivity contribution in [3.05, 3.63) is 58.9 Å². The predicted octanol–water partition coefficient (Wildman–Crippen LogP) is 4.68. The van der Waals surface area contributed by atoms with Crippen LogP contribution in [0.25, 0.3) is 0 Å². The Hall–Kier alpha value is -1.94. The van der Waals surface area contributed by atoms with Crippen molar-refractivity contribution < 1.29 is 17.9 Å². The lowest BCUT2D eigenvalue weighted by Gasteiger charge is -2.30. The first-order chi connectivity index (χ1) is 14.8. The number of nitrogens with one attached hydrogen (secondary N) is 1. The second-order valence-electron chi connectivity index (χ2n) is 7.21. The van der Waals surface area contributed by atoms with E-state index in [9.17, 15) is 13.2 Å². The van der Waals surface area contributed by atoms with E-state index in [2.05, 4.69) is 15.2 Å². The molecule has 1 fully saturated rings. The lowest BCUT2D eigenvalue weighted by molar-refractivity contribution is -0.136. The number of aromatic nitrogens is 1. The molecule has 3 rings (SSSR count). The van der Waals surface area contributed by atoms with Gasteiger partial charge in [-0.25, -0.2) is 0 Å². The van der Waals surface area contributed by atoms with Crippen LogP contribution in [0.15, 0.2) is 42.7 Å². The third-order valence-corrected chi connectivity index (χ3v) is 5.51. The number of benzene rings is 1. The van der Waals surface area contributed by atoms with E-state index in [0.717, 1.165) is 50.9 Å². The molecule has 2 heterocycles. The minimum absolute atomic E-state index is 0.0153. The fraction of sp³-hybridized carbons (Fsp3) is 0.429. The Morgan fingerprint density at radius 2 is 2.03 bits per heavy atom. The molecular formula is C21H24ClF3N4OS. The Bertz CT molecular complexity index is 863. The Labute approximate surface area is 190 Å². The quantitative estimate of drug-likeness (QED) is 0.590. The fourth-order valence-corrected chi connectivity index (χ4v) is 3.77. The highest BCUT2D eigenvalue weighted by Gasteiger charge is 2.34. The fourth-order valence-electron chi connectivity index (χ4n) is 3.33. The van der Waals surface area contributed by atoms with Crippen molar-refractivity contribution in [1.29, 1.82) is 0 Å². The molecule has 0 bridgehead atoms. The monoisotopic (exact) mass is 472 g/mol. The lowest BCUT2D eigenvalue weighted by Crippen LogP contribution is -2.40. The van der Waals surface area contributed by atoms with Crippen LogP contribution < -0.4 is 5.32 Å². The molecule has 1 aliphatic heterocycles. The van der Waals surface area contributed by atoms with Crippen molar-refractivity contribution in [2.45, 2.75) is 19.1 Å². The van der Waals surface area contributed by atoms with Gasteiger partial charge in [0.15, 0.2) is 5.11 Å². The first kappa shape index (κ1) is 23.7. The molecule has 0 unspecified atom stereocenters. The van der Waals surface area contributed by atoms with Gasteiger partial charge in [0.05, 0.1) is 24.5 Å². The number of ether oxygens (including phenoxy) is 1. The Morgan fingerprint density at radius 3 is 2.71 bits per heavy atom. The SMILES string of the molecule is FC(F)(F)c1cc(Cl)ccc1NC(=S)N(CCCN1CCOCC1)Cc1cccnc1. The van der Waals surface area contributed by atoms with Crippen LogP contribution in [0.5, 0.6) is 0 Å². The van der Waals surface area contributed by atoms with E-state index in [1.165, 1.54) is 12.1 Å². The summed E-state index contributed by atoms with van der Waals surface area (Å²) in [5.41, 5.74) is -0.0477. The summed E-state index contributed by atoms with van der Waals surface area (Å²) in [5.74, 6) is 0. The highest BCUT2D eigenvalue weighted by Crippen LogP contribution is 2.36. The second-order valence-corrected chi connectivity index (χ2v) is 8.03. The zero-order valence-electron chi connectivity index (χ0n) is 16.9. The molecule has 10 heteroatoms. The van der Waals surface area contributed by atoms with Gasteiger partial charge in [-0.2, -0.15) is 13.2 Å². The molecule has 1 saturated heterocycles. The summed E-state index contributed by atoms with van der Waals surface area (Å²) in [6.07, 6.45) is -0.338. The van der Waals surface area contributed by atoms with E-state index in [0.29, 0.717) is 13.1 Å². The van der Waals surface area contributed by atoms with E-state index in [4.69, 9.17) is 28.6 Å². The van der Waals surface area contributed by atoms with Crippen LogP contribution in [0.4, 0.5) is 18.9 Å². The van der Waals surface area contributed by atoms with Crippen LogP contribution in [-0.4, -0.2) is 59.3 Å². The van der Waals surface area contributed by atoms with E-state index >= 15 is 0 Å². The van der Waals surface area contributed by atoms with Crippen LogP contribution in [0.2, 0.25) is 5.02 Å². The summed E-state index contributed by atoms with van der Waals surface area (Å²) in [7, 11) is 0. The first-order valence-corrected chi connectivity index (χ1v) is 10.7. The van der Waals surface area contributed by atoms with Gasteiger partial charge < -0.3 is 15.0 Å². The molecule has 1 aromatic carbocycles. The van der Waals surface area contributed by atoms with Gasteiger partial charge in [0.1, 0.15) is 0 Å². The maximum atomic E-state index is 13.5. The van der Waals surface area contributed by atoms with Gasteiger partial charge in [-0.15, -0.1) is 0 Å². The van der Waals surface area contributed by atoms with Gasteiger partial charge in [0, 0.05) is 50.1 Å². The van der Waals surface area contributed by atoms with Crippen molar-refractivity contribution in [2.75, 3.05) is 44.7 Å². The molecule has 31 heavy (non-hydrogen) atoms. The molecule has 1 N–H and O–H groups in total. The van der Waals surface area contributed by atoms with Crippen LogP contribution in [0.3, 0.4) is 0 Å².